The van der Waals surface area contributed by atoms with Gasteiger partial charge in [0.15, 0.2) is 16.3 Å². The van der Waals surface area contributed by atoms with Crippen LogP contribution in [0.3, 0.4) is 0 Å². The van der Waals surface area contributed by atoms with Crippen LogP contribution in [0.5, 0.6) is 0 Å². The molecule has 0 atom stereocenters. The molecule has 23 heavy (non-hydrogen) atoms. The molecule has 3 rings (SSSR count). The fourth-order valence-corrected chi connectivity index (χ4v) is 3.47. The number of benzene rings is 1. The lowest BCUT2D eigenvalue weighted by atomic mass is 10.2. The second kappa shape index (κ2) is 6.08. The van der Waals surface area contributed by atoms with Crippen LogP contribution in [-0.2, 0) is 19.3 Å². The third-order valence-electron chi connectivity index (χ3n) is 3.78. The molecule has 3 aromatic rings. The van der Waals surface area contributed by atoms with Gasteiger partial charge >= 0.3 is 5.69 Å². The molecule has 0 amide bonds. The van der Waals surface area contributed by atoms with Gasteiger partial charge in [-0.25, -0.2) is 9.78 Å². The second-order valence-corrected chi connectivity index (χ2v) is 6.35. The van der Waals surface area contributed by atoms with Crippen molar-refractivity contribution in [2.75, 3.05) is 0 Å². The SMILES string of the molecule is CCn1c(SCc2ccc(C)cc2)nc2c1c(=O)[nH]c(=O)n2C. The highest BCUT2D eigenvalue weighted by atomic mass is 32.2. The predicted octanol–water partition coefficient (Wildman–Crippen LogP) is 2.04. The highest BCUT2D eigenvalue weighted by Crippen LogP contribution is 2.25. The minimum atomic E-state index is -0.446. The Morgan fingerprint density at radius 1 is 1.22 bits per heavy atom. The van der Waals surface area contributed by atoms with Crippen LogP contribution in [0.15, 0.2) is 39.0 Å². The van der Waals surface area contributed by atoms with E-state index in [1.165, 1.54) is 15.7 Å². The quantitative estimate of drug-likeness (QED) is 0.743. The number of rotatable bonds is 4. The molecule has 1 aromatic carbocycles. The van der Waals surface area contributed by atoms with Gasteiger partial charge in [0.25, 0.3) is 5.56 Å². The molecule has 0 saturated carbocycles. The molecular weight excluding hydrogens is 312 g/mol. The number of aryl methyl sites for hydroxylation is 3. The Hall–Kier alpha value is -2.28. The molecule has 7 heteroatoms. The van der Waals surface area contributed by atoms with Gasteiger partial charge in [-0.2, -0.15) is 0 Å². The fraction of sp³-hybridized carbons (Fsp3) is 0.312. The summed E-state index contributed by atoms with van der Waals surface area (Å²) in [4.78, 5) is 30.7. The molecule has 2 heterocycles. The van der Waals surface area contributed by atoms with E-state index in [0.717, 1.165) is 10.9 Å². The average Bonchev–Trinajstić information content (AvgIpc) is 2.91. The lowest BCUT2D eigenvalue weighted by Gasteiger charge is -2.05. The molecule has 0 fully saturated rings. The van der Waals surface area contributed by atoms with E-state index in [-0.39, 0.29) is 5.56 Å². The van der Waals surface area contributed by atoms with Gasteiger partial charge in [0, 0.05) is 19.3 Å². The lowest BCUT2D eigenvalue weighted by Crippen LogP contribution is -2.29. The van der Waals surface area contributed by atoms with Crippen LogP contribution in [0.4, 0.5) is 0 Å². The number of hydrogen-bond donors (Lipinski definition) is 1. The molecule has 0 bridgehead atoms. The number of fused-ring (bicyclic) bond motifs is 1. The van der Waals surface area contributed by atoms with Crippen molar-refractivity contribution in [1.82, 2.24) is 19.1 Å². The summed E-state index contributed by atoms with van der Waals surface area (Å²) in [6.07, 6.45) is 0. The molecule has 120 valence electrons. The summed E-state index contributed by atoms with van der Waals surface area (Å²) >= 11 is 1.56. The monoisotopic (exact) mass is 330 g/mol. The van der Waals surface area contributed by atoms with Gasteiger partial charge < -0.3 is 4.57 Å². The number of nitrogens with one attached hydrogen (secondary N) is 1. The maximum Gasteiger partial charge on any atom is 0.329 e. The van der Waals surface area contributed by atoms with Crippen molar-refractivity contribution in [1.29, 1.82) is 0 Å². The van der Waals surface area contributed by atoms with Crippen LogP contribution in [0.2, 0.25) is 0 Å². The number of aromatic amines is 1. The topological polar surface area (TPSA) is 72.7 Å². The molecule has 0 spiro atoms. The first-order chi connectivity index (χ1) is 11.0. The summed E-state index contributed by atoms with van der Waals surface area (Å²) in [5.41, 5.74) is 2.45. The first-order valence-corrected chi connectivity index (χ1v) is 8.37. The molecule has 0 saturated heterocycles. The van der Waals surface area contributed by atoms with E-state index >= 15 is 0 Å². The summed E-state index contributed by atoms with van der Waals surface area (Å²) in [7, 11) is 1.61. The fourth-order valence-electron chi connectivity index (χ4n) is 2.45. The molecule has 6 nitrogen and oxygen atoms in total. The largest absolute Gasteiger partial charge is 0.329 e. The van der Waals surface area contributed by atoms with Gasteiger partial charge in [-0.05, 0) is 19.4 Å². The van der Waals surface area contributed by atoms with Gasteiger partial charge in [-0.15, -0.1) is 0 Å². The molecule has 2 aromatic heterocycles. The Labute approximate surface area is 137 Å². The van der Waals surface area contributed by atoms with Crippen LogP contribution < -0.4 is 11.2 Å². The third kappa shape index (κ3) is 2.84. The van der Waals surface area contributed by atoms with Gasteiger partial charge in [-0.3, -0.25) is 14.3 Å². The number of hydrogen-bond acceptors (Lipinski definition) is 4. The maximum atomic E-state index is 12.1. The van der Waals surface area contributed by atoms with Gasteiger partial charge in [0.05, 0.1) is 0 Å². The van der Waals surface area contributed by atoms with E-state index in [1.54, 1.807) is 18.8 Å². The average molecular weight is 330 g/mol. The van der Waals surface area contributed by atoms with Crippen molar-refractivity contribution in [2.45, 2.75) is 31.3 Å². The molecule has 0 unspecified atom stereocenters. The van der Waals surface area contributed by atoms with Crippen molar-refractivity contribution in [2.24, 2.45) is 7.05 Å². The van der Waals surface area contributed by atoms with E-state index in [0.29, 0.717) is 17.7 Å². The zero-order valence-electron chi connectivity index (χ0n) is 13.3. The Morgan fingerprint density at radius 3 is 2.57 bits per heavy atom. The first-order valence-electron chi connectivity index (χ1n) is 7.39. The number of nitrogens with zero attached hydrogens (tertiary/aromatic N) is 3. The molecule has 0 radical (unpaired) electrons. The zero-order valence-corrected chi connectivity index (χ0v) is 14.1. The van der Waals surface area contributed by atoms with E-state index in [4.69, 9.17) is 0 Å². The van der Waals surface area contributed by atoms with E-state index in [9.17, 15) is 9.59 Å². The van der Waals surface area contributed by atoms with Crippen molar-refractivity contribution < 1.29 is 0 Å². The van der Waals surface area contributed by atoms with Crippen molar-refractivity contribution in [3.05, 3.63) is 56.2 Å². The molecular formula is C16H18N4O2S. The summed E-state index contributed by atoms with van der Waals surface area (Å²) in [5.74, 6) is 0.759. The zero-order chi connectivity index (χ0) is 16.6. The van der Waals surface area contributed by atoms with Crippen LogP contribution in [0, 0.1) is 6.92 Å². The smallest absolute Gasteiger partial charge is 0.313 e. The molecule has 1 N–H and O–H groups in total. The van der Waals surface area contributed by atoms with E-state index < -0.39 is 5.69 Å². The Morgan fingerprint density at radius 2 is 1.91 bits per heavy atom. The van der Waals surface area contributed by atoms with Crippen LogP contribution in [-0.4, -0.2) is 19.1 Å². The van der Waals surface area contributed by atoms with E-state index in [1.807, 2.05) is 11.5 Å². The van der Waals surface area contributed by atoms with Crippen LogP contribution in [0.25, 0.3) is 11.2 Å². The predicted molar refractivity (Wildman–Crippen MR) is 92.0 cm³/mol. The molecule has 0 aliphatic carbocycles. The Bertz CT molecular complexity index is 967. The summed E-state index contributed by atoms with van der Waals surface area (Å²) in [6.45, 7) is 4.63. The minimum Gasteiger partial charge on any atom is -0.313 e. The number of H-pyrrole nitrogens is 1. The highest BCUT2D eigenvalue weighted by Gasteiger charge is 2.16. The molecule has 0 aliphatic rings. The summed E-state index contributed by atoms with van der Waals surface area (Å²) in [5, 5.41) is 0.745. The maximum absolute atomic E-state index is 12.1. The number of thioether (sulfide) groups is 1. The van der Waals surface area contributed by atoms with Crippen LogP contribution >= 0.6 is 11.8 Å². The minimum absolute atomic E-state index is 0.389. The summed E-state index contributed by atoms with van der Waals surface area (Å²) < 4.78 is 3.23. The third-order valence-corrected chi connectivity index (χ3v) is 4.82. The number of imidazole rings is 1. The van der Waals surface area contributed by atoms with Crippen molar-refractivity contribution >= 4 is 22.9 Å². The number of aromatic nitrogens is 4. The van der Waals surface area contributed by atoms with Crippen LogP contribution in [0.1, 0.15) is 18.1 Å². The first kappa shape index (κ1) is 15.6. The second-order valence-electron chi connectivity index (χ2n) is 5.40. The van der Waals surface area contributed by atoms with Gasteiger partial charge in [-0.1, -0.05) is 41.6 Å². The Balaban J connectivity index is 2.02. The van der Waals surface area contributed by atoms with Gasteiger partial charge in [0.2, 0.25) is 0 Å². The van der Waals surface area contributed by atoms with Gasteiger partial charge in [0.1, 0.15) is 0 Å². The van der Waals surface area contributed by atoms with E-state index in [2.05, 4.69) is 41.2 Å². The summed E-state index contributed by atoms with van der Waals surface area (Å²) in [6, 6.07) is 8.33. The standard InChI is InChI=1S/C16H18N4O2S/c1-4-20-12-13(19(3)15(22)18-14(12)21)17-16(20)23-9-11-7-5-10(2)6-8-11/h5-8H,4,9H2,1-3H3,(H,18,21,22). The molecule has 0 aliphatic heterocycles. The normalized spacial score (nSPS) is 11.3. The van der Waals surface area contributed by atoms with Crippen molar-refractivity contribution in [3.8, 4) is 0 Å². The lowest BCUT2D eigenvalue weighted by molar-refractivity contribution is 0.700. The van der Waals surface area contributed by atoms with Crippen molar-refractivity contribution in [3.63, 3.8) is 0 Å². The highest BCUT2D eigenvalue weighted by molar-refractivity contribution is 7.98. The Kier molecular flexibility index (Phi) is 4.12.